The van der Waals surface area contributed by atoms with Crippen LogP contribution < -0.4 is 4.72 Å². The summed E-state index contributed by atoms with van der Waals surface area (Å²) >= 11 is 4.54. The van der Waals surface area contributed by atoms with Crippen LogP contribution in [0.3, 0.4) is 0 Å². The minimum Gasteiger partial charge on any atom is -0.279 e. The zero-order valence-corrected chi connectivity index (χ0v) is 17.7. The molecule has 0 aliphatic heterocycles. The van der Waals surface area contributed by atoms with Gasteiger partial charge in [0.2, 0.25) is 0 Å². The number of rotatable bonds is 4. The second-order valence-electron chi connectivity index (χ2n) is 8.44. The van der Waals surface area contributed by atoms with Crippen LogP contribution in [0.25, 0.3) is 0 Å². The summed E-state index contributed by atoms with van der Waals surface area (Å²) in [6, 6.07) is 11.6. The monoisotopic (exact) mass is 451 g/mol. The molecule has 1 aromatic heterocycles. The standard InChI is InChI=1S/C20H22BrNO2S2/c21-18-5-6-19(25-18)26(23,24)22-17-3-1-16(2-4-17)20-10-13-7-14(11-20)9-15(8-13)12-20/h1-6,13-15,22H,7-12H2. The average molecular weight is 452 g/mol. The molecule has 1 N–H and O–H groups in total. The number of hydrogen-bond acceptors (Lipinski definition) is 3. The van der Waals surface area contributed by atoms with Gasteiger partial charge < -0.3 is 0 Å². The summed E-state index contributed by atoms with van der Waals surface area (Å²) in [5.41, 5.74) is 2.41. The van der Waals surface area contributed by atoms with Crippen LogP contribution in [-0.2, 0) is 15.4 Å². The van der Waals surface area contributed by atoms with Crippen molar-refractivity contribution < 1.29 is 8.42 Å². The Bertz CT molecular complexity index is 898. The molecule has 4 fully saturated rings. The van der Waals surface area contributed by atoms with Crippen molar-refractivity contribution in [2.24, 2.45) is 17.8 Å². The molecule has 0 unspecified atom stereocenters. The molecule has 0 radical (unpaired) electrons. The van der Waals surface area contributed by atoms with Crippen molar-refractivity contribution in [1.82, 2.24) is 0 Å². The van der Waals surface area contributed by atoms with Crippen molar-refractivity contribution in [2.45, 2.75) is 48.1 Å². The SMILES string of the molecule is O=S(=O)(Nc1ccc(C23CC4CC(CC(C4)C2)C3)cc1)c1ccc(Br)s1. The molecular formula is C20H22BrNO2S2. The predicted octanol–water partition coefficient (Wildman–Crippen LogP) is 5.78. The molecule has 4 bridgehead atoms. The molecule has 2 aromatic rings. The van der Waals surface area contributed by atoms with Crippen LogP contribution >= 0.6 is 27.3 Å². The second kappa shape index (κ2) is 6.08. The van der Waals surface area contributed by atoms with Crippen LogP contribution in [0.15, 0.2) is 44.4 Å². The third kappa shape index (κ3) is 2.94. The van der Waals surface area contributed by atoms with Gasteiger partial charge in [-0.15, -0.1) is 11.3 Å². The summed E-state index contributed by atoms with van der Waals surface area (Å²) in [5.74, 6) is 2.74. The molecule has 3 nitrogen and oxygen atoms in total. The van der Waals surface area contributed by atoms with Crippen LogP contribution in [0, 0.1) is 17.8 Å². The molecule has 1 heterocycles. The van der Waals surface area contributed by atoms with Crippen molar-refractivity contribution in [1.29, 1.82) is 0 Å². The Morgan fingerprint density at radius 2 is 1.50 bits per heavy atom. The van der Waals surface area contributed by atoms with Crippen LogP contribution in [0.2, 0.25) is 0 Å². The molecule has 0 amide bonds. The van der Waals surface area contributed by atoms with E-state index >= 15 is 0 Å². The van der Waals surface area contributed by atoms with Gasteiger partial charge in [-0.1, -0.05) is 12.1 Å². The highest BCUT2D eigenvalue weighted by molar-refractivity contribution is 9.11. The van der Waals surface area contributed by atoms with Crippen molar-refractivity contribution in [2.75, 3.05) is 4.72 Å². The lowest BCUT2D eigenvalue weighted by molar-refractivity contribution is -0.00518. The Balaban J connectivity index is 1.38. The van der Waals surface area contributed by atoms with E-state index in [1.807, 2.05) is 12.1 Å². The van der Waals surface area contributed by atoms with Gasteiger partial charge in [-0.2, -0.15) is 0 Å². The lowest BCUT2D eigenvalue weighted by atomic mass is 9.48. The van der Waals surface area contributed by atoms with Gasteiger partial charge >= 0.3 is 0 Å². The molecule has 138 valence electrons. The van der Waals surface area contributed by atoms with Crippen molar-refractivity contribution in [3.8, 4) is 0 Å². The molecule has 4 aliphatic rings. The molecule has 0 saturated heterocycles. The van der Waals surface area contributed by atoms with Crippen LogP contribution in [0.1, 0.15) is 44.1 Å². The molecule has 4 aliphatic carbocycles. The number of benzene rings is 1. The van der Waals surface area contributed by atoms with E-state index in [1.165, 1.54) is 55.4 Å². The van der Waals surface area contributed by atoms with E-state index in [0.29, 0.717) is 15.3 Å². The maximum absolute atomic E-state index is 12.5. The summed E-state index contributed by atoms with van der Waals surface area (Å²) < 4.78 is 28.9. The number of hydrogen-bond donors (Lipinski definition) is 1. The maximum Gasteiger partial charge on any atom is 0.271 e. The largest absolute Gasteiger partial charge is 0.279 e. The number of sulfonamides is 1. The third-order valence-electron chi connectivity index (χ3n) is 6.60. The normalized spacial score (nSPS) is 32.7. The first-order chi connectivity index (χ1) is 12.4. The Morgan fingerprint density at radius 3 is 2.00 bits per heavy atom. The fraction of sp³-hybridized carbons (Fsp3) is 0.500. The first-order valence-corrected chi connectivity index (χ1v) is 12.4. The second-order valence-corrected chi connectivity index (χ2v) is 12.8. The minimum atomic E-state index is -3.51. The number of anilines is 1. The molecule has 0 spiro atoms. The van der Waals surface area contributed by atoms with E-state index < -0.39 is 10.0 Å². The van der Waals surface area contributed by atoms with Crippen LogP contribution in [0.5, 0.6) is 0 Å². The molecule has 0 atom stereocenters. The first-order valence-electron chi connectivity index (χ1n) is 9.31. The number of nitrogens with one attached hydrogen (secondary N) is 1. The Labute approximate surface area is 167 Å². The van der Waals surface area contributed by atoms with Gasteiger partial charge in [0.15, 0.2) is 0 Å². The third-order valence-corrected chi connectivity index (χ3v) is 10.1. The van der Waals surface area contributed by atoms with Gasteiger partial charge in [-0.05, 0) is 107 Å². The molecule has 6 heteroatoms. The van der Waals surface area contributed by atoms with Gasteiger partial charge in [-0.3, -0.25) is 4.72 Å². The Morgan fingerprint density at radius 1 is 0.923 bits per heavy atom. The van der Waals surface area contributed by atoms with E-state index in [9.17, 15) is 8.42 Å². The fourth-order valence-corrected chi connectivity index (χ4v) is 9.07. The Kier molecular flexibility index (Phi) is 4.03. The van der Waals surface area contributed by atoms with E-state index in [4.69, 9.17) is 0 Å². The van der Waals surface area contributed by atoms with Crippen LogP contribution in [-0.4, -0.2) is 8.42 Å². The average Bonchev–Trinajstić information content (AvgIpc) is 3.01. The molecule has 1 aromatic carbocycles. The lowest BCUT2D eigenvalue weighted by Gasteiger charge is -2.57. The molecule has 26 heavy (non-hydrogen) atoms. The van der Waals surface area contributed by atoms with Crippen LogP contribution in [0.4, 0.5) is 5.69 Å². The Hall–Kier alpha value is -0.850. The first kappa shape index (κ1) is 17.3. The number of thiophene rings is 1. The summed E-state index contributed by atoms with van der Waals surface area (Å²) in [5, 5.41) is 0. The zero-order valence-electron chi connectivity index (χ0n) is 14.4. The smallest absolute Gasteiger partial charge is 0.271 e. The van der Waals surface area contributed by atoms with Gasteiger partial charge in [0, 0.05) is 5.69 Å². The van der Waals surface area contributed by atoms with Gasteiger partial charge in [0.1, 0.15) is 4.21 Å². The highest BCUT2D eigenvalue weighted by Crippen LogP contribution is 2.60. The minimum absolute atomic E-state index is 0.328. The van der Waals surface area contributed by atoms with E-state index in [-0.39, 0.29) is 0 Å². The van der Waals surface area contributed by atoms with Gasteiger partial charge in [0.05, 0.1) is 3.79 Å². The highest BCUT2D eigenvalue weighted by Gasteiger charge is 2.51. The zero-order chi connectivity index (χ0) is 17.9. The van der Waals surface area contributed by atoms with E-state index in [1.54, 1.807) is 12.1 Å². The lowest BCUT2D eigenvalue weighted by Crippen LogP contribution is -2.48. The highest BCUT2D eigenvalue weighted by atomic mass is 79.9. The van der Waals surface area contributed by atoms with Crippen molar-refractivity contribution >= 4 is 43.0 Å². The predicted molar refractivity (Wildman–Crippen MR) is 109 cm³/mol. The van der Waals surface area contributed by atoms with E-state index in [2.05, 4.69) is 32.8 Å². The summed E-state index contributed by atoms with van der Waals surface area (Å²) in [6.07, 6.45) is 8.29. The summed E-state index contributed by atoms with van der Waals surface area (Å²) in [6.45, 7) is 0. The number of halogens is 1. The van der Waals surface area contributed by atoms with Gasteiger partial charge in [-0.25, -0.2) is 8.42 Å². The van der Waals surface area contributed by atoms with E-state index in [0.717, 1.165) is 21.5 Å². The topological polar surface area (TPSA) is 46.2 Å². The molecule has 6 rings (SSSR count). The van der Waals surface area contributed by atoms with Crippen molar-refractivity contribution in [3.63, 3.8) is 0 Å². The summed E-state index contributed by atoms with van der Waals surface area (Å²) in [7, 11) is -3.51. The van der Waals surface area contributed by atoms with Crippen molar-refractivity contribution in [3.05, 3.63) is 45.7 Å². The van der Waals surface area contributed by atoms with Gasteiger partial charge in [0.25, 0.3) is 10.0 Å². The molecular weight excluding hydrogens is 430 g/mol. The maximum atomic E-state index is 12.5. The summed E-state index contributed by atoms with van der Waals surface area (Å²) in [4.78, 5) is 0. The fourth-order valence-electron chi connectivity index (χ4n) is 6.00. The molecule has 4 saturated carbocycles. The quantitative estimate of drug-likeness (QED) is 0.639.